The Bertz CT molecular complexity index is 1010. The number of ether oxygens (including phenoxy) is 2. The fourth-order valence-corrected chi connectivity index (χ4v) is 2.71. The lowest BCUT2D eigenvalue weighted by Gasteiger charge is -2.09. The fraction of sp³-hybridized carbons (Fsp3) is 0.136. The highest BCUT2D eigenvalue weighted by Gasteiger charge is 2.03. The van der Waals surface area contributed by atoms with E-state index in [2.05, 4.69) is 10.5 Å². The van der Waals surface area contributed by atoms with E-state index in [-0.39, 0.29) is 5.69 Å². The molecule has 3 aromatic carbocycles. The molecule has 0 heterocycles. The molecule has 0 saturated heterocycles. The first-order valence-electron chi connectivity index (χ1n) is 9.25. The quantitative estimate of drug-likeness (QED) is 0.199. The van der Waals surface area contributed by atoms with Gasteiger partial charge in [-0.15, -0.1) is 0 Å². The summed E-state index contributed by atoms with van der Waals surface area (Å²) in [4.78, 5) is 10.2. The maximum atomic E-state index is 10.7. The van der Waals surface area contributed by atoms with Gasteiger partial charge in [0.25, 0.3) is 5.69 Å². The second-order valence-corrected chi connectivity index (χ2v) is 6.63. The summed E-state index contributed by atoms with van der Waals surface area (Å²) in [6.07, 6.45) is 2.36. The zero-order chi connectivity index (χ0) is 21.2. The number of nitro groups is 1. The molecule has 7 nitrogen and oxygen atoms in total. The number of anilines is 1. The Hall–Kier alpha value is -3.58. The topological polar surface area (TPSA) is 86.0 Å². The third-order valence-electron chi connectivity index (χ3n) is 4.00. The number of nitro benzene ring substituents is 1. The summed E-state index contributed by atoms with van der Waals surface area (Å²) in [5.41, 5.74) is 4.38. The van der Waals surface area contributed by atoms with E-state index in [1.807, 2.05) is 42.5 Å². The van der Waals surface area contributed by atoms with E-state index in [1.165, 1.54) is 12.1 Å². The molecule has 1 N–H and O–H groups in total. The summed E-state index contributed by atoms with van der Waals surface area (Å²) in [6, 6.07) is 20.9. The maximum Gasteiger partial charge on any atom is 0.269 e. The molecule has 154 valence electrons. The molecule has 0 spiro atoms. The number of hydrogen-bond acceptors (Lipinski definition) is 6. The monoisotopic (exact) mass is 425 g/mol. The van der Waals surface area contributed by atoms with Gasteiger partial charge in [0.1, 0.15) is 11.5 Å². The van der Waals surface area contributed by atoms with Crippen molar-refractivity contribution in [2.24, 2.45) is 5.10 Å². The molecular formula is C22H20ClN3O4. The first kappa shape index (κ1) is 21.1. The molecule has 3 rings (SSSR count). The molecule has 0 saturated carbocycles. The molecule has 0 aliphatic heterocycles. The highest BCUT2D eigenvalue weighted by Crippen LogP contribution is 2.23. The van der Waals surface area contributed by atoms with Crippen molar-refractivity contribution in [2.75, 3.05) is 18.6 Å². The van der Waals surface area contributed by atoms with E-state index in [9.17, 15) is 10.1 Å². The van der Waals surface area contributed by atoms with Crippen LogP contribution in [0, 0.1) is 10.1 Å². The average molecular weight is 426 g/mol. The van der Waals surface area contributed by atoms with Crippen molar-refractivity contribution >= 4 is 29.2 Å². The van der Waals surface area contributed by atoms with E-state index in [0.29, 0.717) is 36.1 Å². The van der Waals surface area contributed by atoms with Gasteiger partial charge in [0, 0.05) is 18.6 Å². The molecule has 8 heteroatoms. The zero-order valence-electron chi connectivity index (χ0n) is 16.0. The molecule has 0 aliphatic carbocycles. The van der Waals surface area contributed by atoms with Crippen LogP contribution in [0.3, 0.4) is 0 Å². The number of benzene rings is 3. The zero-order valence-corrected chi connectivity index (χ0v) is 16.8. The third kappa shape index (κ3) is 6.49. The van der Waals surface area contributed by atoms with E-state index < -0.39 is 4.92 Å². The highest BCUT2D eigenvalue weighted by molar-refractivity contribution is 6.32. The molecule has 0 fully saturated rings. The van der Waals surface area contributed by atoms with Crippen LogP contribution in [0.25, 0.3) is 0 Å². The fourth-order valence-electron chi connectivity index (χ4n) is 2.52. The molecule has 3 aromatic rings. The van der Waals surface area contributed by atoms with Gasteiger partial charge in [-0.05, 0) is 42.0 Å². The SMILES string of the molecule is O=[N+]([O-])c1ccc(NN=Cc2cccc(OCCCOc3ccccc3Cl)c2)cc1. The van der Waals surface area contributed by atoms with Gasteiger partial charge >= 0.3 is 0 Å². The second kappa shape index (κ2) is 10.8. The van der Waals surface area contributed by atoms with Crippen molar-refractivity contribution in [3.63, 3.8) is 0 Å². The molecule has 0 unspecified atom stereocenters. The summed E-state index contributed by atoms with van der Waals surface area (Å²) in [6.45, 7) is 1.01. The van der Waals surface area contributed by atoms with Crippen LogP contribution in [-0.4, -0.2) is 24.4 Å². The Labute approximate surface area is 179 Å². The van der Waals surface area contributed by atoms with Gasteiger partial charge < -0.3 is 9.47 Å². The Morgan fingerprint density at radius 3 is 2.53 bits per heavy atom. The summed E-state index contributed by atoms with van der Waals surface area (Å²) >= 11 is 6.05. The number of halogens is 1. The molecule has 0 aliphatic rings. The first-order valence-corrected chi connectivity index (χ1v) is 9.63. The van der Waals surface area contributed by atoms with Crippen LogP contribution in [0.15, 0.2) is 77.9 Å². The van der Waals surface area contributed by atoms with Crippen molar-refractivity contribution in [1.29, 1.82) is 0 Å². The average Bonchev–Trinajstić information content (AvgIpc) is 2.75. The van der Waals surface area contributed by atoms with Crippen molar-refractivity contribution in [2.45, 2.75) is 6.42 Å². The Morgan fingerprint density at radius 1 is 1.00 bits per heavy atom. The van der Waals surface area contributed by atoms with E-state index in [1.54, 1.807) is 24.4 Å². The smallest absolute Gasteiger partial charge is 0.269 e. The normalized spacial score (nSPS) is 10.7. The number of hydrazone groups is 1. The summed E-state index contributed by atoms with van der Waals surface area (Å²) in [5.74, 6) is 1.39. The number of para-hydroxylation sites is 1. The molecule has 30 heavy (non-hydrogen) atoms. The second-order valence-electron chi connectivity index (χ2n) is 6.23. The van der Waals surface area contributed by atoms with Crippen LogP contribution in [0.1, 0.15) is 12.0 Å². The largest absolute Gasteiger partial charge is 0.493 e. The van der Waals surface area contributed by atoms with Gasteiger partial charge in [0.15, 0.2) is 0 Å². The van der Waals surface area contributed by atoms with Crippen LogP contribution in [-0.2, 0) is 0 Å². The van der Waals surface area contributed by atoms with E-state index in [0.717, 1.165) is 11.3 Å². The van der Waals surface area contributed by atoms with Gasteiger partial charge in [0.2, 0.25) is 0 Å². The maximum absolute atomic E-state index is 10.7. The van der Waals surface area contributed by atoms with Gasteiger partial charge in [-0.1, -0.05) is 35.9 Å². The number of non-ortho nitro benzene ring substituents is 1. The van der Waals surface area contributed by atoms with Gasteiger partial charge in [-0.2, -0.15) is 5.10 Å². The number of rotatable bonds is 10. The number of nitrogens with one attached hydrogen (secondary N) is 1. The Kier molecular flexibility index (Phi) is 7.63. The minimum atomic E-state index is -0.443. The van der Waals surface area contributed by atoms with Crippen molar-refractivity contribution in [3.8, 4) is 11.5 Å². The molecule has 0 atom stereocenters. The Morgan fingerprint density at radius 2 is 1.77 bits per heavy atom. The van der Waals surface area contributed by atoms with Crippen LogP contribution in [0.4, 0.5) is 11.4 Å². The van der Waals surface area contributed by atoms with Crippen LogP contribution < -0.4 is 14.9 Å². The minimum Gasteiger partial charge on any atom is -0.493 e. The summed E-state index contributed by atoms with van der Waals surface area (Å²) < 4.78 is 11.4. The lowest BCUT2D eigenvalue weighted by molar-refractivity contribution is -0.384. The molecule has 0 radical (unpaired) electrons. The van der Waals surface area contributed by atoms with Crippen molar-refractivity contribution in [1.82, 2.24) is 0 Å². The molecular weight excluding hydrogens is 406 g/mol. The predicted octanol–water partition coefficient (Wildman–Crippen LogP) is 5.54. The lowest BCUT2D eigenvalue weighted by atomic mass is 10.2. The van der Waals surface area contributed by atoms with E-state index >= 15 is 0 Å². The van der Waals surface area contributed by atoms with Crippen molar-refractivity contribution in [3.05, 3.63) is 93.5 Å². The van der Waals surface area contributed by atoms with Gasteiger partial charge in [-0.3, -0.25) is 15.5 Å². The first-order chi connectivity index (χ1) is 14.6. The predicted molar refractivity (Wildman–Crippen MR) is 118 cm³/mol. The minimum absolute atomic E-state index is 0.0339. The van der Waals surface area contributed by atoms with Gasteiger partial charge in [-0.25, -0.2) is 0 Å². The molecule has 0 amide bonds. The number of hydrogen-bond donors (Lipinski definition) is 1. The Balaban J connectivity index is 1.43. The van der Waals surface area contributed by atoms with Crippen LogP contribution in [0.2, 0.25) is 5.02 Å². The van der Waals surface area contributed by atoms with E-state index in [4.69, 9.17) is 21.1 Å². The number of nitrogens with zero attached hydrogens (tertiary/aromatic N) is 2. The van der Waals surface area contributed by atoms with Crippen LogP contribution >= 0.6 is 11.6 Å². The molecule has 0 aromatic heterocycles. The standard InChI is InChI=1S/C22H20ClN3O4/c23-21-7-1-2-8-22(21)30-14-4-13-29-20-6-3-5-17(15-20)16-24-25-18-9-11-19(12-10-18)26(27)28/h1-3,5-12,15-16,25H,4,13-14H2. The van der Waals surface area contributed by atoms with Gasteiger partial charge in [0.05, 0.1) is 35.1 Å². The summed E-state index contributed by atoms with van der Waals surface area (Å²) in [7, 11) is 0. The van der Waals surface area contributed by atoms with Crippen LogP contribution in [0.5, 0.6) is 11.5 Å². The van der Waals surface area contributed by atoms with Crippen molar-refractivity contribution < 1.29 is 14.4 Å². The third-order valence-corrected chi connectivity index (χ3v) is 4.31. The lowest BCUT2D eigenvalue weighted by Crippen LogP contribution is -2.05. The highest BCUT2D eigenvalue weighted by atomic mass is 35.5. The molecule has 0 bridgehead atoms. The summed E-state index contributed by atoms with van der Waals surface area (Å²) in [5, 5.41) is 15.4.